The Kier molecular flexibility index (Phi) is 6.59. The molecule has 1 rings (SSSR count). The van der Waals surface area contributed by atoms with Gasteiger partial charge in [-0.1, -0.05) is 0 Å². The van der Waals surface area contributed by atoms with Crippen LogP contribution in [0.3, 0.4) is 0 Å². The van der Waals surface area contributed by atoms with Gasteiger partial charge < -0.3 is 14.6 Å². The van der Waals surface area contributed by atoms with Crippen LogP contribution in [-0.2, 0) is 6.54 Å². The number of hydrogen-bond acceptors (Lipinski definition) is 5. The highest BCUT2D eigenvalue weighted by Gasteiger charge is 2.16. The molecule has 0 saturated heterocycles. The molecule has 0 spiro atoms. The smallest absolute Gasteiger partial charge is 0.183 e. The van der Waals surface area contributed by atoms with Gasteiger partial charge in [0.05, 0.1) is 14.2 Å². The van der Waals surface area contributed by atoms with Crippen LogP contribution >= 0.6 is 0 Å². The molecule has 0 fully saturated rings. The van der Waals surface area contributed by atoms with Crippen LogP contribution in [-0.4, -0.2) is 48.4 Å². The molecule has 1 aromatic rings. The summed E-state index contributed by atoms with van der Waals surface area (Å²) in [5.74, 6) is 1.37. The number of hydrogen-bond donors (Lipinski definition) is 1. The Balaban J connectivity index is 2.89. The van der Waals surface area contributed by atoms with E-state index in [-0.39, 0.29) is 6.61 Å². The van der Waals surface area contributed by atoms with Crippen molar-refractivity contribution < 1.29 is 14.6 Å². The molecular formula is C14H24N2O3. The van der Waals surface area contributed by atoms with Gasteiger partial charge in [-0.3, -0.25) is 9.88 Å². The van der Waals surface area contributed by atoms with Crippen LogP contribution in [0.25, 0.3) is 0 Å². The first kappa shape index (κ1) is 15.7. The number of pyridine rings is 1. The SMILES string of the molecule is COc1ccnc(CN(CCCO)C(C)C)c1OC. The molecule has 1 heterocycles. The number of ether oxygens (including phenoxy) is 2. The molecule has 0 aliphatic carbocycles. The van der Waals surface area contributed by atoms with Crippen molar-refractivity contribution in [3.8, 4) is 11.5 Å². The minimum atomic E-state index is 0.200. The summed E-state index contributed by atoms with van der Waals surface area (Å²) in [5.41, 5.74) is 0.855. The molecule has 1 aromatic heterocycles. The van der Waals surface area contributed by atoms with Crippen LogP contribution in [0.4, 0.5) is 0 Å². The van der Waals surface area contributed by atoms with E-state index in [1.54, 1.807) is 26.5 Å². The third-order valence-electron chi connectivity index (χ3n) is 3.05. The van der Waals surface area contributed by atoms with E-state index in [9.17, 15) is 0 Å². The summed E-state index contributed by atoms with van der Waals surface area (Å²) in [6.07, 6.45) is 2.48. The quantitative estimate of drug-likeness (QED) is 0.777. The van der Waals surface area contributed by atoms with Gasteiger partial charge in [0.15, 0.2) is 11.5 Å². The molecule has 0 aromatic carbocycles. The molecule has 0 unspecified atom stereocenters. The average molecular weight is 268 g/mol. The van der Waals surface area contributed by atoms with Crippen molar-refractivity contribution in [2.24, 2.45) is 0 Å². The number of aliphatic hydroxyl groups excluding tert-OH is 1. The fourth-order valence-electron chi connectivity index (χ4n) is 1.95. The summed E-state index contributed by atoms with van der Waals surface area (Å²) in [5, 5.41) is 8.96. The first-order valence-corrected chi connectivity index (χ1v) is 6.54. The van der Waals surface area contributed by atoms with E-state index in [2.05, 4.69) is 23.7 Å². The molecule has 19 heavy (non-hydrogen) atoms. The summed E-state index contributed by atoms with van der Waals surface area (Å²) >= 11 is 0. The van der Waals surface area contributed by atoms with Crippen molar-refractivity contribution in [2.45, 2.75) is 32.9 Å². The maximum Gasteiger partial charge on any atom is 0.183 e. The second kappa shape index (κ2) is 7.96. The highest BCUT2D eigenvalue weighted by Crippen LogP contribution is 2.30. The van der Waals surface area contributed by atoms with Crippen molar-refractivity contribution in [3.05, 3.63) is 18.0 Å². The molecule has 0 atom stereocenters. The lowest BCUT2D eigenvalue weighted by molar-refractivity contribution is 0.180. The number of methoxy groups -OCH3 is 2. The molecule has 5 nitrogen and oxygen atoms in total. The molecule has 0 radical (unpaired) electrons. The maximum atomic E-state index is 8.96. The summed E-state index contributed by atoms with van der Waals surface area (Å²) in [4.78, 5) is 6.63. The second-order valence-electron chi connectivity index (χ2n) is 4.63. The first-order chi connectivity index (χ1) is 9.13. The molecule has 5 heteroatoms. The standard InChI is InChI=1S/C14H24N2O3/c1-11(2)16(8-5-9-17)10-12-14(19-4)13(18-3)6-7-15-12/h6-7,11,17H,5,8-10H2,1-4H3. The Labute approximate surface area is 115 Å². The van der Waals surface area contributed by atoms with E-state index in [0.29, 0.717) is 24.1 Å². The normalized spacial score (nSPS) is 11.1. The van der Waals surface area contributed by atoms with E-state index in [4.69, 9.17) is 14.6 Å². The molecule has 1 N–H and O–H groups in total. The van der Waals surface area contributed by atoms with E-state index in [0.717, 1.165) is 18.7 Å². The highest BCUT2D eigenvalue weighted by molar-refractivity contribution is 5.42. The Morgan fingerprint density at radius 1 is 1.32 bits per heavy atom. The fourth-order valence-corrected chi connectivity index (χ4v) is 1.95. The van der Waals surface area contributed by atoms with E-state index in [1.165, 1.54) is 0 Å². The van der Waals surface area contributed by atoms with E-state index in [1.807, 2.05) is 0 Å². The Morgan fingerprint density at radius 2 is 2.05 bits per heavy atom. The van der Waals surface area contributed by atoms with Crippen LogP contribution in [0.15, 0.2) is 12.3 Å². The number of aromatic nitrogens is 1. The van der Waals surface area contributed by atoms with Gasteiger partial charge in [-0.05, 0) is 20.3 Å². The lowest BCUT2D eigenvalue weighted by atomic mass is 10.2. The number of aliphatic hydroxyl groups is 1. The van der Waals surface area contributed by atoms with Crippen LogP contribution in [0, 0.1) is 0 Å². The minimum Gasteiger partial charge on any atom is -0.493 e. The monoisotopic (exact) mass is 268 g/mol. The van der Waals surface area contributed by atoms with Gasteiger partial charge in [0.2, 0.25) is 0 Å². The molecular weight excluding hydrogens is 244 g/mol. The van der Waals surface area contributed by atoms with Crippen molar-refractivity contribution in [2.75, 3.05) is 27.4 Å². The van der Waals surface area contributed by atoms with E-state index >= 15 is 0 Å². The lowest BCUT2D eigenvalue weighted by Gasteiger charge is -2.26. The van der Waals surface area contributed by atoms with Crippen molar-refractivity contribution in [3.63, 3.8) is 0 Å². The molecule has 0 saturated carbocycles. The van der Waals surface area contributed by atoms with Crippen LogP contribution < -0.4 is 9.47 Å². The van der Waals surface area contributed by atoms with Gasteiger partial charge in [-0.15, -0.1) is 0 Å². The third kappa shape index (κ3) is 4.36. The molecule has 0 amide bonds. The largest absolute Gasteiger partial charge is 0.493 e. The minimum absolute atomic E-state index is 0.200. The summed E-state index contributed by atoms with van der Waals surface area (Å²) in [7, 11) is 3.24. The zero-order valence-corrected chi connectivity index (χ0v) is 12.2. The van der Waals surface area contributed by atoms with Crippen molar-refractivity contribution in [1.29, 1.82) is 0 Å². The predicted octanol–water partition coefficient (Wildman–Crippen LogP) is 1.69. The van der Waals surface area contributed by atoms with Crippen molar-refractivity contribution >= 4 is 0 Å². The van der Waals surface area contributed by atoms with Crippen LogP contribution in [0.1, 0.15) is 26.0 Å². The topological polar surface area (TPSA) is 54.8 Å². The molecule has 0 aliphatic heterocycles. The van der Waals surface area contributed by atoms with Gasteiger partial charge in [0.25, 0.3) is 0 Å². The van der Waals surface area contributed by atoms with Gasteiger partial charge in [0.1, 0.15) is 5.69 Å². The molecule has 0 bridgehead atoms. The van der Waals surface area contributed by atoms with Gasteiger partial charge in [-0.2, -0.15) is 0 Å². The predicted molar refractivity (Wildman–Crippen MR) is 74.6 cm³/mol. The summed E-state index contributed by atoms with van der Waals surface area (Å²) < 4.78 is 10.7. The average Bonchev–Trinajstić information content (AvgIpc) is 2.42. The van der Waals surface area contributed by atoms with Gasteiger partial charge in [-0.25, -0.2) is 0 Å². The van der Waals surface area contributed by atoms with Crippen molar-refractivity contribution in [1.82, 2.24) is 9.88 Å². The molecule has 0 aliphatic rings. The Bertz CT molecular complexity index is 383. The third-order valence-corrected chi connectivity index (χ3v) is 3.05. The summed E-state index contributed by atoms with van der Waals surface area (Å²) in [6.45, 7) is 5.97. The Hall–Kier alpha value is -1.33. The second-order valence-corrected chi connectivity index (χ2v) is 4.63. The fraction of sp³-hybridized carbons (Fsp3) is 0.643. The van der Waals surface area contributed by atoms with Gasteiger partial charge in [0, 0.05) is 38.0 Å². The first-order valence-electron chi connectivity index (χ1n) is 6.54. The van der Waals surface area contributed by atoms with E-state index < -0.39 is 0 Å². The maximum absolute atomic E-state index is 8.96. The summed E-state index contributed by atoms with van der Waals surface area (Å²) in [6, 6.07) is 2.17. The molecule has 108 valence electrons. The zero-order valence-electron chi connectivity index (χ0n) is 12.2. The Morgan fingerprint density at radius 3 is 2.58 bits per heavy atom. The number of nitrogens with zero attached hydrogens (tertiary/aromatic N) is 2. The van der Waals surface area contributed by atoms with Gasteiger partial charge >= 0.3 is 0 Å². The number of rotatable bonds is 8. The highest BCUT2D eigenvalue weighted by atomic mass is 16.5. The van der Waals surface area contributed by atoms with Crippen LogP contribution in [0.5, 0.6) is 11.5 Å². The van der Waals surface area contributed by atoms with Crippen LogP contribution in [0.2, 0.25) is 0 Å². The lowest BCUT2D eigenvalue weighted by Crippen LogP contribution is -2.32. The zero-order chi connectivity index (χ0) is 14.3.